The van der Waals surface area contributed by atoms with E-state index < -0.39 is 0 Å². The van der Waals surface area contributed by atoms with Gasteiger partial charge in [-0.25, -0.2) is 4.99 Å². The molecular weight excluding hydrogens is 316 g/mol. The SMILES string of the molecule is NC(=O)[C@@H]1CSC(c2ccc(N=C(N)c3cccs3)cc2)N1. The normalized spacial score (nSPS) is 21.9. The van der Waals surface area contributed by atoms with Gasteiger partial charge in [0.15, 0.2) is 0 Å². The third-order valence-corrected chi connectivity index (χ3v) is 5.50. The third kappa shape index (κ3) is 3.32. The van der Waals surface area contributed by atoms with Gasteiger partial charge in [-0.2, -0.15) is 0 Å². The summed E-state index contributed by atoms with van der Waals surface area (Å²) < 4.78 is 0. The van der Waals surface area contributed by atoms with Crippen LogP contribution in [0.2, 0.25) is 0 Å². The third-order valence-electron chi connectivity index (χ3n) is 3.34. The van der Waals surface area contributed by atoms with Gasteiger partial charge in [0.2, 0.25) is 5.91 Å². The summed E-state index contributed by atoms with van der Waals surface area (Å²) >= 11 is 3.24. The van der Waals surface area contributed by atoms with Crippen LogP contribution in [-0.2, 0) is 4.79 Å². The van der Waals surface area contributed by atoms with Gasteiger partial charge in [0, 0.05) is 5.75 Å². The standard InChI is InChI=1S/C15H16N4OS2/c16-13(12-2-1-7-21-12)18-10-5-3-9(4-6-10)15-19-11(8-22-15)14(17)20/h1-7,11,15,19H,8H2,(H2,16,18)(H2,17,20)/t11-,15?/m0/s1. The summed E-state index contributed by atoms with van der Waals surface area (Å²) in [4.78, 5) is 16.6. The topological polar surface area (TPSA) is 93.5 Å². The Balaban J connectivity index is 1.71. The molecule has 0 saturated carbocycles. The average Bonchev–Trinajstić information content (AvgIpc) is 3.20. The number of carbonyl (C=O) groups excluding carboxylic acids is 1. The maximum absolute atomic E-state index is 11.2. The number of carbonyl (C=O) groups is 1. The highest BCUT2D eigenvalue weighted by molar-refractivity contribution is 7.99. The number of thiophene rings is 1. The molecular formula is C15H16N4OS2. The van der Waals surface area contributed by atoms with Gasteiger partial charge in [-0.3, -0.25) is 10.1 Å². The monoisotopic (exact) mass is 332 g/mol. The first kappa shape index (κ1) is 15.1. The molecule has 2 heterocycles. The molecule has 0 bridgehead atoms. The molecule has 1 unspecified atom stereocenters. The number of benzene rings is 1. The Morgan fingerprint density at radius 1 is 1.23 bits per heavy atom. The molecule has 1 aromatic carbocycles. The van der Waals surface area contributed by atoms with Crippen molar-refractivity contribution in [2.24, 2.45) is 16.5 Å². The van der Waals surface area contributed by atoms with Gasteiger partial charge in [0.1, 0.15) is 5.84 Å². The number of amidine groups is 1. The van der Waals surface area contributed by atoms with Crippen LogP contribution >= 0.6 is 23.1 Å². The summed E-state index contributed by atoms with van der Waals surface area (Å²) in [7, 11) is 0. The van der Waals surface area contributed by atoms with E-state index in [1.54, 1.807) is 23.1 Å². The largest absolute Gasteiger partial charge is 0.383 e. The molecule has 1 fully saturated rings. The first-order valence-electron chi connectivity index (χ1n) is 6.78. The van der Waals surface area contributed by atoms with Crippen LogP contribution in [0.1, 0.15) is 15.8 Å². The highest BCUT2D eigenvalue weighted by Gasteiger charge is 2.28. The second-order valence-electron chi connectivity index (χ2n) is 4.90. The molecule has 1 amide bonds. The molecule has 2 aromatic rings. The first-order chi connectivity index (χ1) is 10.6. The molecule has 7 heteroatoms. The van der Waals surface area contributed by atoms with Gasteiger partial charge < -0.3 is 11.5 Å². The van der Waals surface area contributed by atoms with Crippen LogP contribution in [0.5, 0.6) is 0 Å². The Kier molecular flexibility index (Phi) is 4.47. The Hall–Kier alpha value is -1.83. The maximum Gasteiger partial charge on any atom is 0.235 e. The lowest BCUT2D eigenvalue weighted by atomic mass is 10.2. The molecule has 114 valence electrons. The lowest BCUT2D eigenvalue weighted by Crippen LogP contribution is -2.38. The highest BCUT2D eigenvalue weighted by atomic mass is 32.2. The average molecular weight is 332 g/mol. The molecule has 22 heavy (non-hydrogen) atoms. The van der Waals surface area contributed by atoms with Crippen LogP contribution in [0.3, 0.4) is 0 Å². The van der Waals surface area contributed by atoms with E-state index in [4.69, 9.17) is 11.5 Å². The maximum atomic E-state index is 11.2. The predicted molar refractivity (Wildman–Crippen MR) is 92.5 cm³/mol. The lowest BCUT2D eigenvalue weighted by Gasteiger charge is -2.11. The van der Waals surface area contributed by atoms with E-state index in [0.29, 0.717) is 11.6 Å². The molecule has 1 saturated heterocycles. The highest BCUT2D eigenvalue weighted by Crippen LogP contribution is 2.33. The lowest BCUT2D eigenvalue weighted by molar-refractivity contribution is -0.119. The smallest absolute Gasteiger partial charge is 0.235 e. The number of hydrogen-bond donors (Lipinski definition) is 3. The zero-order valence-electron chi connectivity index (χ0n) is 11.7. The van der Waals surface area contributed by atoms with Crippen molar-refractivity contribution >= 4 is 40.5 Å². The van der Waals surface area contributed by atoms with Crippen LogP contribution in [0, 0.1) is 0 Å². The Morgan fingerprint density at radius 2 is 2.00 bits per heavy atom. The molecule has 1 aliphatic heterocycles. The van der Waals surface area contributed by atoms with E-state index in [0.717, 1.165) is 16.1 Å². The summed E-state index contributed by atoms with van der Waals surface area (Å²) in [5.74, 6) is 0.912. The second kappa shape index (κ2) is 6.51. The molecule has 0 radical (unpaired) electrons. The number of amides is 1. The fourth-order valence-electron chi connectivity index (χ4n) is 2.17. The number of rotatable bonds is 4. The van der Waals surface area contributed by atoms with Gasteiger partial charge in [-0.05, 0) is 29.1 Å². The summed E-state index contributed by atoms with van der Waals surface area (Å²) in [5.41, 5.74) is 13.2. The Labute approximate surface area is 136 Å². The Bertz CT molecular complexity index is 682. The summed E-state index contributed by atoms with van der Waals surface area (Å²) in [6.45, 7) is 0. The van der Waals surface area contributed by atoms with Crippen molar-refractivity contribution in [3.05, 3.63) is 52.2 Å². The minimum Gasteiger partial charge on any atom is -0.383 e. The quantitative estimate of drug-likeness (QED) is 0.589. The van der Waals surface area contributed by atoms with Crippen molar-refractivity contribution in [3.8, 4) is 0 Å². The molecule has 1 aliphatic rings. The summed E-state index contributed by atoms with van der Waals surface area (Å²) in [5, 5.41) is 5.28. The number of nitrogens with one attached hydrogen (secondary N) is 1. The summed E-state index contributed by atoms with van der Waals surface area (Å²) in [6, 6.07) is 11.5. The number of thioether (sulfide) groups is 1. The molecule has 5 nitrogen and oxygen atoms in total. The summed E-state index contributed by atoms with van der Waals surface area (Å²) in [6.07, 6.45) is 0. The van der Waals surface area contributed by atoms with E-state index >= 15 is 0 Å². The van der Waals surface area contributed by atoms with E-state index in [-0.39, 0.29) is 17.3 Å². The predicted octanol–water partition coefficient (Wildman–Crippen LogP) is 1.97. The molecule has 0 aliphatic carbocycles. The van der Waals surface area contributed by atoms with Crippen molar-refractivity contribution in [1.29, 1.82) is 0 Å². The van der Waals surface area contributed by atoms with Crippen LogP contribution in [0.15, 0.2) is 46.8 Å². The van der Waals surface area contributed by atoms with Gasteiger partial charge in [0.05, 0.1) is 22.0 Å². The second-order valence-corrected chi connectivity index (χ2v) is 6.99. The first-order valence-corrected chi connectivity index (χ1v) is 8.71. The number of nitrogens with zero attached hydrogens (tertiary/aromatic N) is 1. The van der Waals surface area contributed by atoms with Gasteiger partial charge in [0.25, 0.3) is 0 Å². The van der Waals surface area contributed by atoms with Crippen molar-refractivity contribution in [2.45, 2.75) is 11.4 Å². The van der Waals surface area contributed by atoms with Crippen molar-refractivity contribution in [3.63, 3.8) is 0 Å². The fraction of sp³-hybridized carbons (Fsp3) is 0.200. The van der Waals surface area contributed by atoms with E-state index in [2.05, 4.69) is 10.3 Å². The van der Waals surface area contributed by atoms with Crippen LogP contribution in [-0.4, -0.2) is 23.5 Å². The Morgan fingerprint density at radius 3 is 2.59 bits per heavy atom. The van der Waals surface area contributed by atoms with Crippen molar-refractivity contribution in [1.82, 2.24) is 5.32 Å². The molecule has 1 aromatic heterocycles. The minimum absolute atomic E-state index is 0.0881. The van der Waals surface area contributed by atoms with E-state index in [1.807, 2.05) is 41.8 Å². The molecule has 3 rings (SSSR count). The zero-order valence-corrected chi connectivity index (χ0v) is 13.4. The van der Waals surface area contributed by atoms with Crippen molar-refractivity contribution in [2.75, 3.05) is 5.75 Å². The number of hydrogen-bond acceptors (Lipinski definition) is 5. The number of aliphatic imine (C=N–C) groups is 1. The van der Waals surface area contributed by atoms with Crippen LogP contribution < -0.4 is 16.8 Å². The van der Waals surface area contributed by atoms with Gasteiger partial charge in [-0.1, -0.05) is 18.2 Å². The van der Waals surface area contributed by atoms with Gasteiger partial charge in [-0.15, -0.1) is 23.1 Å². The minimum atomic E-state index is -0.306. The molecule has 0 spiro atoms. The van der Waals surface area contributed by atoms with Crippen molar-refractivity contribution < 1.29 is 4.79 Å². The van der Waals surface area contributed by atoms with E-state index in [1.165, 1.54) is 0 Å². The van der Waals surface area contributed by atoms with Crippen LogP contribution in [0.4, 0.5) is 5.69 Å². The number of primary amides is 1. The van der Waals surface area contributed by atoms with E-state index in [9.17, 15) is 4.79 Å². The van der Waals surface area contributed by atoms with Gasteiger partial charge >= 0.3 is 0 Å². The zero-order chi connectivity index (χ0) is 15.5. The molecule has 2 atom stereocenters. The molecule has 5 N–H and O–H groups in total. The number of nitrogens with two attached hydrogens (primary N) is 2. The fourth-order valence-corrected chi connectivity index (χ4v) is 4.05. The van der Waals surface area contributed by atoms with Crippen LogP contribution in [0.25, 0.3) is 0 Å².